The lowest BCUT2D eigenvalue weighted by Crippen LogP contribution is -2.40. The second-order valence-electron chi connectivity index (χ2n) is 9.63. The second-order valence-corrected chi connectivity index (χ2v) is 11.5. The Morgan fingerprint density at radius 2 is 1.71 bits per heavy atom. The summed E-state index contributed by atoms with van der Waals surface area (Å²) in [4.78, 5) is 18.5. The Kier molecular flexibility index (Phi) is 7.00. The van der Waals surface area contributed by atoms with E-state index in [0.717, 1.165) is 5.56 Å². The largest absolute Gasteiger partial charge is 0.455 e. The van der Waals surface area contributed by atoms with Crippen molar-refractivity contribution in [2.75, 3.05) is 26.2 Å². The van der Waals surface area contributed by atoms with Gasteiger partial charge in [-0.05, 0) is 52.3 Å². The Labute approximate surface area is 206 Å². The van der Waals surface area contributed by atoms with Gasteiger partial charge in [-0.15, -0.1) is 0 Å². The van der Waals surface area contributed by atoms with Gasteiger partial charge in [0.1, 0.15) is 11.4 Å². The molecule has 1 aromatic heterocycles. The molecule has 8 nitrogen and oxygen atoms in total. The van der Waals surface area contributed by atoms with E-state index in [1.807, 2.05) is 58.0 Å². The highest BCUT2D eigenvalue weighted by molar-refractivity contribution is 7.89. The predicted octanol–water partition coefficient (Wildman–Crippen LogP) is 4.97. The monoisotopic (exact) mass is 497 g/mol. The van der Waals surface area contributed by atoms with Crippen LogP contribution in [0.2, 0.25) is 0 Å². The Morgan fingerprint density at radius 1 is 0.971 bits per heavy atom. The van der Waals surface area contributed by atoms with Gasteiger partial charge >= 0.3 is 6.09 Å². The van der Waals surface area contributed by atoms with Crippen molar-refractivity contribution in [2.24, 2.45) is 0 Å². The fraction of sp³-hybridized carbons (Fsp3) is 0.385. The standard InChI is InChI=1S/C26H31N3O5S/c1-19-9-11-21(12-10-19)33-22-18-27-17-20-7-5-8-23(24(20)22)35(31,32)29-14-6-13-28(15-16-29)25(30)34-26(2,3)4/h5,7-12,17-18H,6,13-16H2,1-4H3. The first-order valence-corrected chi connectivity index (χ1v) is 13.1. The van der Waals surface area contributed by atoms with Crippen LogP contribution in [-0.2, 0) is 14.8 Å². The summed E-state index contributed by atoms with van der Waals surface area (Å²) in [5.74, 6) is 0.968. The Bertz CT molecular complexity index is 1310. The average Bonchev–Trinajstić information content (AvgIpc) is 3.06. The first-order valence-electron chi connectivity index (χ1n) is 11.6. The summed E-state index contributed by atoms with van der Waals surface area (Å²) in [6, 6.07) is 12.7. The summed E-state index contributed by atoms with van der Waals surface area (Å²) in [6.45, 7) is 8.59. The van der Waals surface area contributed by atoms with Gasteiger partial charge in [-0.3, -0.25) is 4.98 Å². The van der Waals surface area contributed by atoms with E-state index in [4.69, 9.17) is 9.47 Å². The van der Waals surface area contributed by atoms with Crippen LogP contribution >= 0.6 is 0 Å². The van der Waals surface area contributed by atoms with Gasteiger partial charge in [0.2, 0.25) is 10.0 Å². The molecular formula is C26H31N3O5S. The fourth-order valence-electron chi connectivity index (χ4n) is 3.98. The topological polar surface area (TPSA) is 89.0 Å². The van der Waals surface area contributed by atoms with Crippen LogP contribution < -0.4 is 4.74 Å². The van der Waals surface area contributed by atoms with Crippen molar-refractivity contribution in [1.29, 1.82) is 0 Å². The van der Waals surface area contributed by atoms with Crippen molar-refractivity contribution in [2.45, 2.75) is 44.6 Å². The summed E-state index contributed by atoms with van der Waals surface area (Å²) >= 11 is 0. The number of aryl methyl sites for hydroxylation is 1. The van der Waals surface area contributed by atoms with E-state index in [-0.39, 0.29) is 18.0 Å². The van der Waals surface area contributed by atoms with Crippen LogP contribution in [0.5, 0.6) is 11.5 Å². The maximum absolute atomic E-state index is 13.8. The maximum atomic E-state index is 13.8. The summed E-state index contributed by atoms with van der Waals surface area (Å²) in [6.07, 6.45) is 3.25. The lowest BCUT2D eigenvalue weighted by Gasteiger charge is -2.26. The highest BCUT2D eigenvalue weighted by Crippen LogP contribution is 2.35. The number of nitrogens with zero attached hydrogens (tertiary/aromatic N) is 3. The number of carbonyl (C=O) groups is 1. The molecule has 0 unspecified atom stereocenters. The van der Waals surface area contributed by atoms with E-state index in [9.17, 15) is 13.2 Å². The molecule has 0 atom stereocenters. The lowest BCUT2D eigenvalue weighted by molar-refractivity contribution is 0.0260. The maximum Gasteiger partial charge on any atom is 0.410 e. The molecule has 9 heteroatoms. The molecule has 0 saturated carbocycles. The number of sulfonamides is 1. The molecule has 4 rings (SSSR count). The molecule has 0 spiro atoms. The van der Waals surface area contributed by atoms with Crippen molar-refractivity contribution < 1.29 is 22.7 Å². The fourth-order valence-corrected chi connectivity index (χ4v) is 5.67. The SMILES string of the molecule is Cc1ccc(Oc2cncc3cccc(S(=O)(=O)N4CCCN(C(=O)OC(C)(C)C)CC4)c23)cc1. The predicted molar refractivity (Wildman–Crippen MR) is 134 cm³/mol. The molecule has 3 aromatic rings. The van der Waals surface area contributed by atoms with Gasteiger partial charge in [0.15, 0.2) is 5.75 Å². The Balaban J connectivity index is 1.64. The van der Waals surface area contributed by atoms with Gasteiger partial charge in [0, 0.05) is 43.1 Å². The molecule has 186 valence electrons. The number of fused-ring (bicyclic) bond motifs is 1. The van der Waals surface area contributed by atoms with Gasteiger partial charge in [0.25, 0.3) is 0 Å². The van der Waals surface area contributed by atoms with Gasteiger partial charge < -0.3 is 14.4 Å². The quantitative estimate of drug-likeness (QED) is 0.506. The molecule has 1 saturated heterocycles. The number of pyridine rings is 1. The molecular weight excluding hydrogens is 466 g/mol. The smallest absolute Gasteiger partial charge is 0.410 e. The van der Waals surface area contributed by atoms with Gasteiger partial charge in [-0.2, -0.15) is 4.31 Å². The highest BCUT2D eigenvalue weighted by Gasteiger charge is 2.31. The minimum atomic E-state index is -3.87. The second kappa shape index (κ2) is 9.83. The minimum absolute atomic E-state index is 0.158. The zero-order valence-electron chi connectivity index (χ0n) is 20.5. The van der Waals surface area contributed by atoms with Crippen molar-refractivity contribution in [3.05, 3.63) is 60.4 Å². The van der Waals surface area contributed by atoms with E-state index in [1.165, 1.54) is 10.5 Å². The normalized spacial score (nSPS) is 15.6. The summed E-state index contributed by atoms with van der Waals surface area (Å²) in [7, 11) is -3.87. The summed E-state index contributed by atoms with van der Waals surface area (Å²) < 4.78 is 40.6. The van der Waals surface area contributed by atoms with Crippen molar-refractivity contribution in [3.63, 3.8) is 0 Å². The van der Waals surface area contributed by atoms with Crippen LogP contribution in [0.25, 0.3) is 10.8 Å². The van der Waals surface area contributed by atoms with Crippen molar-refractivity contribution in [1.82, 2.24) is 14.2 Å². The third-order valence-electron chi connectivity index (χ3n) is 5.68. The molecule has 0 radical (unpaired) electrons. The van der Waals surface area contributed by atoms with Crippen LogP contribution in [0, 0.1) is 6.92 Å². The van der Waals surface area contributed by atoms with Gasteiger partial charge in [-0.25, -0.2) is 13.2 Å². The molecule has 2 aromatic carbocycles. The number of aromatic nitrogens is 1. The first-order chi connectivity index (χ1) is 16.5. The zero-order chi connectivity index (χ0) is 25.2. The molecule has 1 amide bonds. The minimum Gasteiger partial charge on any atom is -0.455 e. The Morgan fingerprint density at radius 3 is 2.43 bits per heavy atom. The average molecular weight is 498 g/mol. The van der Waals surface area contributed by atoms with Gasteiger partial charge in [-0.1, -0.05) is 29.8 Å². The highest BCUT2D eigenvalue weighted by atomic mass is 32.2. The number of rotatable bonds is 4. The van der Waals surface area contributed by atoms with E-state index < -0.39 is 21.7 Å². The molecule has 1 aliphatic rings. The third kappa shape index (κ3) is 5.74. The third-order valence-corrected chi connectivity index (χ3v) is 7.62. The number of hydrogen-bond acceptors (Lipinski definition) is 6. The zero-order valence-corrected chi connectivity index (χ0v) is 21.3. The number of benzene rings is 2. The van der Waals surface area contributed by atoms with Crippen LogP contribution in [0.15, 0.2) is 59.8 Å². The molecule has 2 heterocycles. The Hall–Kier alpha value is -3.17. The summed E-state index contributed by atoms with van der Waals surface area (Å²) in [5, 5.41) is 1.15. The summed E-state index contributed by atoms with van der Waals surface area (Å²) in [5.41, 5.74) is 0.484. The lowest BCUT2D eigenvalue weighted by atomic mass is 10.1. The molecule has 0 bridgehead atoms. The van der Waals surface area contributed by atoms with E-state index >= 15 is 0 Å². The van der Waals surface area contributed by atoms with Crippen LogP contribution in [-0.4, -0.2) is 60.5 Å². The molecule has 1 aliphatic heterocycles. The van der Waals surface area contributed by atoms with E-state index in [0.29, 0.717) is 41.8 Å². The molecule has 0 aliphatic carbocycles. The molecule has 0 N–H and O–H groups in total. The number of ether oxygens (including phenoxy) is 2. The van der Waals surface area contributed by atoms with Crippen LogP contribution in [0.1, 0.15) is 32.8 Å². The first kappa shape index (κ1) is 24.9. The van der Waals surface area contributed by atoms with Gasteiger partial charge in [0.05, 0.1) is 11.1 Å². The van der Waals surface area contributed by atoms with Crippen LogP contribution in [0.4, 0.5) is 4.79 Å². The number of carbonyl (C=O) groups excluding carboxylic acids is 1. The van der Waals surface area contributed by atoms with Crippen molar-refractivity contribution in [3.8, 4) is 11.5 Å². The van der Waals surface area contributed by atoms with E-state index in [1.54, 1.807) is 23.2 Å². The molecule has 1 fully saturated rings. The molecule has 35 heavy (non-hydrogen) atoms. The number of amides is 1. The van der Waals surface area contributed by atoms with Crippen molar-refractivity contribution >= 4 is 26.9 Å². The van der Waals surface area contributed by atoms with Crippen LogP contribution in [0.3, 0.4) is 0 Å². The van der Waals surface area contributed by atoms with E-state index in [2.05, 4.69) is 4.98 Å². The number of hydrogen-bond donors (Lipinski definition) is 0.